The largest absolute Gasteiger partial charge is 0.416 e. The molecule has 0 saturated heterocycles. The van der Waals surface area contributed by atoms with E-state index in [-0.39, 0.29) is 0 Å². The van der Waals surface area contributed by atoms with Crippen molar-refractivity contribution in [2.24, 2.45) is 7.05 Å². The van der Waals surface area contributed by atoms with Gasteiger partial charge < -0.3 is 5.32 Å². The van der Waals surface area contributed by atoms with Crippen LogP contribution < -0.4 is 5.32 Å². The number of anilines is 1. The lowest BCUT2D eigenvalue weighted by molar-refractivity contribution is -0.137. The van der Waals surface area contributed by atoms with Crippen LogP contribution in [0.15, 0.2) is 24.4 Å². The van der Waals surface area contributed by atoms with Crippen LogP contribution in [0.2, 0.25) is 0 Å². The zero-order chi connectivity index (χ0) is 16.6. The molecule has 2 aromatic heterocycles. The fourth-order valence-corrected chi connectivity index (χ4v) is 3.22. The first-order valence-corrected chi connectivity index (χ1v) is 7.91. The third kappa shape index (κ3) is 3.31. The van der Waals surface area contributed by atoms with Gasteiger partial charge in [-0.1, -0.05) is 18.3 Å². The van der Waals surface area contributed by atoms with Gasteiger partial charge >= 0.3 is 6.18 Å². The van der Waals surface area contributed by atoms with Crippen LogP contribution in [-0.2, 0) is 26.2 Å². The number of rotatable bonds is 4. The molecule has 0 unspecified atom stereocenters. The van der Waals surface area contributed by atoms with Crippen LogP contribution in [-0.4, -0.2) is 14.8 Å². The maximum Gasteiger partial charge on any atom is 0.416 e. The van der Waals surface area contributed by atoms with Gasteiger partial charge in [0.25, 0.3) is 0 Å². The molecule has 1 N–H and O–H groups in total. The second-order valence-electron chi connectivity index (χ2n) is 5.18. The molecule has 8 heteroatoms. The van der Waals surface area contributed by atoms with Crippen LogP contribution >= 0.6 is 11.3 Å². The molecule has 0 aliphatic heterocycles. The number of nitrogens with one attached hydrogen (secondary N) is 1. The molecule has 3 aromatic rings. The molecule has 1 aromatic carbocycles. The van der Waals surface area contributed by atoms with Gasteiger partial charge in [-0.05, 0) is 24.6 Å². The van der Waals surface area contributed by atoms with Gasteiger partial charge in [0.15, 0.2) is 5.13 Å². The molecule has 0 amide bonds. The quantitative estimate of drug-likeness (QED) is 0.773. The van der Waals surface area contributed by atoms with Crippen LogP contribution in [0.1, 0.15) is 23.7 Å². The predicted octanol–water partition coefficient (Wildman–Crippen LogP) is 4.22. The van der Waals surface area contributed by atoms with E-state index in [0.717, 1.165) is 34.5 Å². The van der Waals surface area contributed by atoms with Crippen molar-refractivity contribution >= 4 is 26.7 Å². The number of halogens is 3. The average Bonchev–Trinajstić information content (AvgIpc) is 3.05. The number of thiazole rings is 1. The number of fused-ring (bicyclic) bond motifs is 1. The summed E-state index contributed by atoms with van der Waals surface area (Å²) in [4.78, 5) is 4.24. The maximum atomic E-state index is 12.7. The zero-order valence-electron chi connectivity index (χ0n) is 12.6. The number of hydrogen-bond donors (Lipinski definition) is 1. The van der Waals surface area contributed by atoms with Crippen LogP contribution in [0, 0.1) is 0 Å². The summed E-state index contributed by atoms with van der Waals surface area (Å²) in [6.45, 7) is 2.57. The van der Waals surface area contributed by atoms with Gasteiger partial charge in [0.2, 0.25) is 0 Å². The van der Waals surface area contributed by atoms with Crippen LogP contribution in [0.5, 0.6) is 0 Å². The van der Waals surface area contributed by atoms with E-state index in [1.807, 2.05) is 20.2 Å². The molecule has 4 nitrogen and oxygen atoms in total. The van der Waals surface area contributed by atoms with Crippen LogP contribution in [0.4, 0.5) is 18.3 Å². The van der Waals surface area contributed by atoms with E-state index in [4.69, 9.17) is 0 Å². The summed E-state index contributed by atoms with van der Waals surface area (Å²) in [5, 5.41) is 8.13. The van der Waals surface area contributed by atoms with Crippen LogP contribution in [0.3, 0.4) is 0 Å². The first-order valence-electron chi connectivity index (χ1n) is 7.10. The lowest BCUT2D eigenvalue weighted by Gasteiger charge is -2.04. The Hall–Kier alpha value is -2.09. The Balaban J connectivity index is 1.81. The third-order valence-electron chi connectivity index (χ3n) is 3.47. The predicted molar refractivity (Wildman–Crippen MR) is 84.5 cm³/mol. The molecular weight excluding hydrogens is 325 g/mol. The van der Waals surface area contributed by atoms with E-state index in [0.29, 0.717) is 17.2 Å². The second kappa shape index (κ2) is 5.84. The standard InChI is InChI=1S/C15H15F3N4S/c1-3-11-9(8-22(2)21-11)7-19-14-20-12-6-10(15(16,17)18)4-5-13(12)23-14/h4-6,8H,3,7H2,1-2H3,(H,19,20). The summed E-state index contributed by atoms with van der Waals surface area (Å²) >= 11 is 1.34. The number of alkyl halides is 3. The monoisotopic (exact) mass is 340 g/mol. The molecular formula is C15H15F3N4S. The minimum atomic E-state index is -4.35. The van der Waals surface area contributed by atoms with Crippen molar-refractivity contribution in [3.8, 4) is 0 Å². The topological polar surface area (TPSA) is 42.7 Å². The molecule has 0 saturated carbocycles. The van der Waals surface area contributed by atoms with Crippen molar-refractivity contribution in [1.82, 2.24) is 14.8 Å². The summed E-state index contributed by atoms with van der Waals surface area (Å²) in [7, 11) is 1.86. The lowest BCUT2D eigenvalue weighted by atomic mass is 10.2. The van der Waals surface area contributed by atoms with E-state index < -0.39 is 11.7 Å². The first kappa shape index (κ1) is 15.8. The summed E-state index contributed by atoms with van der Waals surface area (Å²) in [5.74, 6) is 0. The Morgan fingerprint density at radius 1 is 1.30 bits per heavy atom. The molecule has 0 aliphatic carbocycles. The summed E-state index contributed by atoms with van der Waals surface area (Å²) in [6, 6.07) is 3.63. The van der Waals surface area contributed by atoms with Crippen molar-refractivity contribution in [2.45, 2.75) is 26.1 Å². The number of aromatic nitrogens is 3. The Morgan fingerprint density at radius 3 is 2.78 bits per heavy atom. The van der Waals surface area contributed by atoms with E-state index in [9.17, 15) is 13.2 Å². The smallest absolute Gasteiger partial charge is 0.357 e. The van der Waals surface area contributed by atoms with Gasteiger partial charge in [-0.2, -0.15) is 18.3 Å². The summed E-state index contributed by atoms with van der Waals surface area (Å²) in [5.41, 5.74) is 1.74. The fraction of sp³-hybridized carbons (Fsp3) is 0.333. The molecule has 0 spiro atoms. The molecule has 0 atom stereocenters. The maximum absolute atomic E-state index is 12.7. The lowest BCUT2D eigenvalue weighted by Crippen LogP contribution is -2.04. The molecule has 122 valence electrons. The molecule has 2 heterocycles. The number of nitrogens with zero attached hydrogens (tertiary/aromatic N) is 3. The third-order valence-corrected chi connectivity index (χ3v) is 4.47. The highest BCUT2D eigenvalue weighted by Crippen LogP contribution is 2.34. The molecule has 0 bridgehead atoms. The minimum absolute atomic E-state index is 0.356. The number of aryl methyl sites for hydroxylation is 2. The van der Waals surface area contributed by atoms with Crippen LogP contribution in [0.25, 0.3) is 10.2 Å². The number of benzene rings is 1. The average molecular weight is 340 g/mol. The van der Waals surface area contributed by atoms with E-state index >= 15 is 0 Å². The molecule has 0 aliphatic rings. The van der Waals surface area contributed by atoms with Gasteiger partial charge in [-0.15, -0.1) is 0 Å². The van der Waals surface area contributed by atoms with Crippen molar-refractivity contribution in [2.75, 3.05) is 5.32 Å². The van der Waals surface area contributed by atoms with Gasteiger partial charge in [0.05, 0.1) is 21.5 Å². The first-order chi connectivity index (χ1) is 10.9. The van der Waals surface area contributed by atoms with Crippen molar-refractivity contribution in [3.05, 3.63) is 41.2 Å². The Morgan fingerprint density at radius 2 is 2.09 bits per heavy atom. The Kier molecular flexibility index (Phi) is 4.01. The second-order valence-corrected chi connectivity index (χ2v) is 6.21. The number of hydrogen-bond acceptors (Lipinski definition) is 4. The summed E-state index contributed by atoms with van der Waals surface area (Å²) in [6.07, 6.45) is -1.59. The minimum Gasteiger partial charge on any atom is -0.357 e. The van der Waals surface area contributed by atoms with Gasteiger partial charge in [-0.25, -0.2) is 4.98 Å². The zero-order valence-corrected chi connectivity index (χ0v) is 13.4. The van der Waals surface area contributed by atoms with E-state index in [1.54, 1.807) is 4.68 Å². The van der Waals surface area contributed by atoms with Gasteiger partial charge in [-0.3, -0.25) is 4.68 Å². The summed E-state index contributed by atoms with van der Waals surface area (Å²) < 4.78 is 40.7. The SMILES string of the molecule is CCc1nn(C)cc1CNc1nc2cc(C(F)(F)F)ccc2s1. The van der Waals surface area contributed by atoms with Crippen molar-refractivity contribution < 1.29 is 13.2 Å². The van der Waals surface area contributed by atoms with Gasteiger partial charge in [0.1, 0.15) is 0 Å². The molecule has 3 rings (SSSR count). The van der Waals surface area contributed by atoms with Crippen molar-refractivity contribution in [3.63, 3.8) is 0 Å². The van der Waals surface area contributed by atoms with Crippen molar-refractivity contribution in [1.29, 1.82) is 0 Å². The highest BCUT2D eigenvalue weighted by Gasteiger charge is 2.30. The Labute approximate surface area is 135 Å². The molecule has 0 radical (unpaired) electrons. The van der Waals surface area contributed by atoms with Gasteiger partial charge in [0, 0.05) is 25.4 Å². The molecule has 0 fully saturated rings. The van der Waals surface area contributed by atoms with E-state index in [1.165, 1.54) is 17.4 Å². The highest BCUT2D eigenvalue weighted by molar-refractivity contribution is 7.22. The molecule has 23 heavy (non-hydrogen) atoms. The highest BCUT2D eigenvalue weighted by atomic mass is 32.1. The normalized spacial score (nSPS) is 12.0. The fourth-order valence-electron chi connectivity index (χ4n) is 2.38. The van der Waals surface area contributed by atoms with E-state index in [2.05, 4.69) is 15.4 Å². The Bertz CT molecular complexity index is 835.